The average Bonchev–Trinajstić information content (AvgIpc) is 2.29. The molecule has 3 nitrogen and oxygen atoms in total. The zero-order valence-corrected chi connectivity index (χ0v) is 11.1. The second-order valence-corrected chi connectivity index (χ2v) is 4.94. The summed E-state index contributed by atoms with van der Waals surface area (Å²) >= 11 is 17.4. The number of anilines is 1. The number of halogens is 3. The number of nitrogens with one attached hydrogen (secondary N) is 1. The number of alkyl halides is 2. The molecule has 1 aromatic rings. The van der Waals surface area contributed by atoms with Gasteiger partial charge in [-0.2, -0.15) is 0 Å². The monoisotopic (exact) mass is 293 g/mol. The van der Waals surface area contributed by atoms with Gasteiger partial charge in [-0.15, -0.1) is 0 Å². The molecule has 6 heteroatoms. The van der Waals surface area contributed by atoms with Gasteiger partial charge in [0.25, 0.3) is 0 Å². The van der Waals surface area contributed by atoms with Gasteiger partial charge in [-0.25, -0.2) is 0 Å². The molecule has 1 aromatic carbocycles. The molecule has 1 aliphatic rings. The predicted octanol–water partition coefficient (Wildman–Crippen LogP) is 3.84. The van der Waals surface area contributed by atoms with E-state index in [1.165, 1.54) is 0 Å². The zero-order chi connectivity index (χ0) is 12.4. The van der Waals surface area contributed by atoms with Gasteiger partial charge in [0.15, 0.2) is 11.5 Å². The van der Waals surface area contributed by atoms with Gasteiger partial charge < -0.3 is 14.8 Å². The Labute approximate surface area is 114 Å². The van der Waals surface area contributed by atoms with E-state index in [9.17, 15) is 0 Å². The Balaban J connectivity index is 2.25. The minimum Gasteiger partial charge on any atom is -0.486 e. The minimum atomic E-state index is -0.693. The van der Waals surface area contributed by atoms with Crippen molar-refractivity contribution in [2.75, 3.05) is 18.5 Å². The van der Waals surface area contributed by atoms with Crippen LogP contribution >= 0.6 is 34.8 Å². The molecule has 0 radical (unpaired) electrons. The molecule has 0 amide bonds. The third-order valence-corrected chi connectivity index (χ3v) is 2.97. The molecule has 1 aliphatic heterocycles. The molecule has 0 aliphatic carbocycles. The van der Waals surface area contributed by atoms with Gasteiger partial charge in [-0.3, -0.25) is 0 Å². The van der Waals surface area contributed by atoms with Gasteiger partial charge in [-0.05, 0) is 6.07 Å². The highest BCUT2D eigenvalue weighted by atomic mass is 35.5. The van der Waals surface area contributed by atoms with Crippen molar-refractivity contribution in [3.8, 4) is 11.5 Å². The van der Waals surface area contributed by atoms with Gasteiger partial charge in [0, 0.05) is 17.5 Å². The van der Waals surface area contributed by atoms with E-state index in [-0.39, 0.29) is 0 Å². The number of allylic oxidation sites excluding steroid dienone is 1. The van der Waals surface area contributed by atoms with Crippen LogP contribution in [0, 0.1) is 0 Å². The van der Waals surface area contributed by atoms with Gasteiger partial charge >= 0.3 is 0 Å². The fourth-order valence-corrected chi connectivity index (χ4v) is 1.80. The second kappa shape index (κ2) is 5.25. The Hall–Kier alpha value is -0.770. The number of hydrogen-bond acceptors (Lipinski definition) is 3. The Kier molecular flexibility index (Phi) is 3.92. The van der Waals surface area contributed by atoms with Crippen LogP contribution in [-0.2, 0) is 0 Å². The molecular formula is C11H10Cl3NO2. The summed E-state index contributed by atoms with van der Waals surface area (Å²) in [6.45, 7) is 4.70. The molecule has 1 N–H and O–H groups in total. The summed E-state index contributed by atoms with van der Waals surface area (Å²) < 4.78 is 10.8. The fraction of sp³-hybridized carbons (Fsp3) is 0.273. The number of hydrogen-bond donors (Lipinski definition) is 1. The molecule has 1 heterocycles. The van der Waals surface area contributed by atoms with Crippen LogP contribution in [0.4, 0.5) is 5.69 Å². The third kappa shape index (κ3) is 2.92. The highest BCUT2D eigenvalue weighted by Gasteiger charge is 2.17. The first-order chi connectivity index (χ1) is 8.08. The average molecular weight is 295 g/mol. The molecule has 0 fully saturated rings. The summed E-state index contributed by atoms with van der Waals surface area (Å²) in [6.07, 6.45) is 0. The first kappa shape index (κ1) is 12.7. The van der Waals surface area contributed by atoms with E-state index in [2.05, 4.69) is 11.9 Å². The zero-order valence-electron chi connectivity index (χ0n) is 8.80. The molecule has 0 saturated heterocycles. The molecule has 0 saturated carbocycles. The molecule has 0 spiro atoms. The van der Waals surface area contributed by atoms with Crippen molar-refractivity contribution in [2.45, 2.75) is 4.84 Å². The lowest BCUT2D eigenvalue weighted by molar-refractivity contribution is 0.172. The maximum Gasteiger partial charge on any atom is 0.180 e. The molecule has 2 rings (SSSR count). The third-order valence-electron chi connectivity index (χ3n) is 2.17. The van der Waals surface area contributed by atoms with Crippen LogP contribution in [0.15, 0.2) is 24.4 Å². The Bertz CT molecular complexity index is 449. The van der Waals surface area contributed by atoms with Crippen LogP contribution in [0.3, 0.4) is 0 Å². The number of fused-ring (bicyclic) bond motifs is 1. The van der Waals surface area contributed by atoms with E-state index >= 15 is 0 Å². The van der Waals surface area contributed by atoms with Crippen molar-refractivity contribution in [1.29, 1.82) is 0 Å². The summed E-state index contributed by atoms with van der Waals surface area (Å²) in [5, 5.41) is 3.42. The first-order valence-electron chi connectivity index (χ1n) is 4.91. The Morgan fingerprint density at radius 2 is 2.00 bits per heavy atom. The number of benzene rings is 1. The molecule has 17 heavy (non-hydrogen) atoms. The normalized spacial score (nSPS) is 13.6. The van der Waals surface area contributed by atoms with E-state index in [4.69, 9.17) is 44.3 Å². The van der Waals surface area contributed by atoms with Crippen LogP contribution in [0.2, 0.25) is 5.02 Å². The Morgan fingerprint density at radius 3 is 2.71 bits per heavy atom. The lowest BCUT2D eigenvalue weighted by atomic mass is 10.2. The lowest BCUT2D eigenvalue weighted by Crippen LogP contribution is -2.16. The highest BCUT2D eigenvalue weighted by molar-refractivity contribution is 6.46. The fourth-order valence-electron chi connectivity index (χ4n) is 1.42. The molecular weight excluding hydrogens is 284 g/mol. The van der Waals surface area contributed by atoms with Crippen LogP contribution in [0.5, 0.6) is 11.5 Å². The quantitative estimate of drug-likeness (QED) is 0.859. The standard InChI is InChI=1S/C11H10Cl3NO2/c1-6(11(13)14)15-7-4-8(12)10-9(5-7)16-2-3-17-10/h4-5,11,15H,1-3H2. The topological polar surface area (TPSA) is 30.5 Å². The molecule has 0 unspecified atom stereocenters. The van der Waals surface area contributed by atoms with Crippen molar-refractivity contribution in [3.05, 3.63) is 29.4 Å². The number of ether oxygens (including phenoxy) is 2. The van der Waals surface area contributed by atoms with Crippen LogP contribution in [-0.4, -0.2) is 18.1 Å². The van der Waals surface area contributed by atoms with E-state index < -0.39 is 4.84 Å². The van der Waals surface area contributed by atoms with Gasteiger partial charge in [0.2, 0.25) is 0 Å². The van der Waals surface area contributed by atoms with Crippen molar-refractivity contribution < 1.29 is 9.47 Å². The van der Waals surface area contributed by atoms with E-state index in [0.29, 0.717) is 41.1 Å². The van der Waals surface area contributed by atoms with Gasteiger partial charge in [-0.1, -0.05) is 41.4 Å². The van der Waals surface area contributed by atoms with Crippen LogP contribution in [0.25, 0.3) is 0 Å². The maximum absolute atomic E-state index is 6.07. The summed E-state index contributed by atoms with van der Waals surface area (Å²) in [6, 6.07) is 3.47. The summed E-state index contributed by atoms with van der Waals surface area (Å²) in [5.74, 6) is 1.15. The van der Waals surface area contributed by atoms with E-state index in [0.717, 1.165) is 0 Å². The lowest BCUT2D eigenvalue weighted by Gasteiger charge is -2.21. The first-order valence-corrected chi connectivity index (χ1v) is 6.16. The minimum absolute atomic E-state index is 0.471. The van der Waals surface area contributed by atoms with Crippen LogP contribution < -0.4 is 14.8 Å². The molecule has 92 valence electrons. The van der Waals surface area contributed by atoms with Crippen molar-refractivity contribution in [3.63, 3.8) is 0 Å². The SMILES string of the molecule is C=C(Nc1cc(Cl)c2c(c1)OCCO2)C(Cl)Cl. The maximum atomic E-state index is 6.07. The largest absolute Gasteiger partial charge is 0.486 e. The Morgan fingerprint density at radius 1 is 1.29 bits per heavy atom. The van der Waals surface area contributed by atoms with Crippen molar-refractivity contribution in [2.24, 2.45) is 0 Å². The van der Waals surface area contributed by atoms with Crippen molar-refractivity contribution >= 4 is 40.5 Å². The predicted molar refractivity (Wildman–Crippen MR) is 70.7 cm³/mol. The number of rotatable bonds is 3. The van der Waals surface area contributed by atoms with E-state index in [1.807, 2.05) is 0 Å². The summed E-state index contributed by atoms with van der Waals surface area (Å²) in [7, 11) is 0. The summed E-state index contributed by atoms with van der Waals surface area (Å²) in [5.41, 5.74) is 1.18. The summed E-state index contributed by atoms with van der Waals surface area (Å²) in [4.78, 5) is -0.693. The van der Waals surface area contributed by atoms with Gasteiger partial charge in [0.1, 0.15) is 18.1 Å². The van der Waals surface area contributed by atoms with E-state index in [1.54, 1.807) is 12.1 Å². The van der Waals surface area contributed by atoms with Gasteiger partial charge in [0.05, 0.1) is 5.02 Å². The molecule has 0 atom stereocenters. The molecule has 0 bridgehead atoms. The second-order valence-electron chi connectivity index (χ2n) is 3.43. The van der Waals surface area contributed by atoms with Crippen molar-refractivity contribution in [1.82, 2.24) is 0 Å². The highest BCUT2D eigenvalue weighted by Crippen LogP contribution is 2.40. The molecule has 0 aromatic heterocycles. The smallest absolute Gasteiger partial charge is 0.180 e. The van der Waals surface area contributed by atoms with Crippen LogP contribution in [0.1, 0.15) is 0 Å².